The second-order valence-corrected chi connectivity index (χ2v) is 4.85. The number of anilines is 1. The molecule has 1 N–H and O–H groups in total. The Morgan fingerprint density at radius 2 is 2.18 bits per heavy atom. The second-order valence-electron chi connectivity index (χ2n) is 3.59. The molecule has 2 aromatic rings. The third kappa shape index (κ3) is 2.70. The maximum Gasteiger partial charge on any atom is 0.272 e. The average Bonchev–Trinajstić information content (AvgIpc) is 2.70. The highest BCUT2D eigenvalue weighted by atomic mass is 79.9. The minimum atomic E-state index is -0.157. The molecule has 0 spiro atoms. The lowest BCUT2D eigenvalue weighted by molar-refractivity contribution is 0.101. The zero-order valence-corrected chi connectivity index (χ0v) is 11.4. The molecular formula is C12H10BrClN2O. The Kier molecular flexibility index (Phi) is 3.54. The lowest BCUT2D eigenvalue weighted by atomic mass is 10.3. The number of aryl methyl sites for hydroxylation is 1. The Morgan fingerprint density at radius 1 is 1.41 bits per heavy atom. The standard InChI is InChI=1S/C12H10BrClN2O/c1-16-6-2-3-11(16)12(17)15-8-4-5-9(13)10(14)7-8/h2-7H,1H3,(H,15,17). The van der Waals surface area contributed by atoms with E-state index in [1.165, 1.54) is 0 Å². The van der Waals surface area contributed by atoms with Gasteiger partial charge in [0.1, 0.15) is 5.69 Å². The molecule has 17 heavy (non-hydrogen) atoms. The van der Waals surface area contributed by atoms with Crippen LogP contribution in [0.1, 0.15) is 10.5 Å². The number of carbonyl (C=O) groups is 1. The molecule has 1 heterocycles. The molecule has 0 atom stereocenters. The first-order chi connectivity index (χ1) is 8.08. The Morgan fingerprint density at radius 3 is 2.76 bits per heavy atom. The third-order valence-electron chi connectivity index (χ3n) is 2.35. The molecule has 5 heteroatoms. The Bertz CT molecular complexity index is 565. The van der Waals surface area contributed by atoms with Crippen molar-refractivity contribution in [3.05, 3.63) is 51.7 Å². The first-order valence-electron chi connectivity index (χ1n) is 4.95. The predicted molar refractivity (Wildman–Crippen MR) is 72.5 cm³/mol. The van der Waals surface area contributed by atoms with Crippen LogP contribution >= 0.6 is 27.5 Å². The number of aromatic nitrogens is 1. The monoisotopic (exact) mass is 312 g/mol. The van der Waals surface area contributed by atoms with Crippen molar-refractivity contribution in [2.75, 3.05) is 5.32 Å². The molecule has 0 aliphatic carbocycles. The van der Waals surface area contributed by atoms with Crippen molar-refractivity contribution in [3.63, 3.8) is 0 Å². The van der Waals surface area contributed by atoms with Gasteiger partial charge in [0.2, 0.25) is 0 Å². The van der Waals surface area contributed by atoms with Crippen LogP contribution in [0.3, 0.4) is 0 Å². The minimum Gasteiger partial charge on any atom is -0.347 e. The molecule has 1 aromatic heterocycles. The number of amides is 1. The van der Waals surface area contributed by atoms with Gasteiger partial charge in [0.25, 0.3) is 5.91 Å². The molecule has 1 aromatic carbocycles. The summed E-state index contributed by atoms with van der Waals surface area (Å²) < 4.78 is 2.56. The van der Waals surface area contributed by atoms with Crippen molar-refractivity contribution in [1.82, 2.24) is 4.57 Å². The molecule has 2 rings (SSSR count). The fourth-order valence-corrected chi connectivity index (χ4v) is 1.89. The lowest BCUT2D eigenvalue weighted by Crippen LogP contribution is -2.15. The molecule has 0 aliphatic heterocycles. The van der Waals surface area contributed by atoms with Gasteiger partial charge < -0.3 is 9.88 Å². The van der Waals surface area contributed by atoms with Crippen LogP contribution in [0.4, 0.5) is 5.69 Å². The molecule has 0 fully saturated rings. The van der Waals surface area contributed by atoms with Gasteiger partial charge in [-0.1, -0.05) is 11.6 Å². The Hall–Kier alpha value is -1.26. The number of carbonyl (C=O) groups excluding carboxylic acids is 1. The Labute approximate surface area is 113 Å². The van der Waals surface area contributed by atoms with Gasteiger partial charge in [-0.2, -0.15) is 0 Å². The molecule has 88 valence electrons. The second kappa shape index (κ2) is 4.94. The van der Waals surface area contributed by atoms with E-state index >= 15 is 0 Å². The molecule has 0 unspecified atom stereocenters. The maximum atomic E-state index is 11.9. The SMILES string of the molecule is Cn1cccc1C(=O)Nc1ccc(Br)c(Cl)c1. The van der Waals surface area contributed by atoms with E-state index in [9.17, 15) is 4.79 Å². The Balaban J connectivity index is 2.19. The van der Waals surface area contributed by atoms with Crippen molar-refractivity contribution < 1.29 is 4.79 Å². The summed E-state index contributed by atoms with van der Waals surface area (Å²) in [6.07, 6.45) is 1.82. The van der Waals surface area contributed by atoms with E-state index in [1.807, 2.05) is 19.3 Å². The highest BCUT2D eigenvalue weighted by Gasteiger charge is 2.09. The maximum absolute atomic E-state index is 11.9. The van der Waals surface area contributed by atoms with Crippen LogP contribution in [-0.2, 0) is 7.05 Å². The normalized spacial score (nSPS) is 10.3. The van der Waals surface area contributed by atoms with E-state index in [0.29, 0.717) is 16.4 Å². The zero-order valence-electron chi connectivity index (χ0n) is 9.08. The third-order valence-corrected chi connectivity index (χ3v) is 3.59. The van der Waals surface area contributed by atoms with Crippen molar-refractivity contribution >= 4 is 39.1 Å². The number of hydrogen-bond acceptors (Lipinski definition) is 1. The topological polar surface area (TPSA) is 34.0 Å². The van der Waals surface area contributed by atoms with E-state index in [4.69, 9.17) is 11.6 Å². The van der Waals surface area contributed by atoms with Crippen LogP contribution in [0.15, 0.2) is 41.0 Å². The van der Waals surface area contributed by atoms with E-state index in [-0.39, 0.29) is 5.91 Å². The smallest absolute Gasteiger partial charge is 0.272 e. The van der Waals surface area contributed by atoms with E-state index in [1.54, 1.807) is 28.8 Å². The fraction of sp³-hybridized carbons (Fsp3) is 0.0833. The number of nitrogens with one attached hydrogen (secondary N) is 1. The molecular weight excluding hydrogens is 304 g/mol. The van der Waals surface area contributed by atoms with Crippen molar-refractivity contribution in [2.45, 2.75) is 0 Å². The predicted octanol–water partition coefficient (Wildman–Crippen LogP) is 3.69. The van der Waals surface area contributed by atoms with Crippen molar-refractivity contribution in [2.24, 2.45) is 7.05 Å². The zero-order chi connectivity index (χ0) is 12.4. The molecule has 0 radical (unpaired) electrons. The number of hydrogen-bond donors (Lipinski definition) is 1. The van der Waals surface area contributed by atoms with Crippen molar-refractivity contribution in [1.29, 1.82) is 0 Å². The summed E-state index contributed by atoms with van der Waals surface area (Å²) in [5.41, 5.74) is 1.27. The summed E-state index contributed by atoms with van der Waals surface area (Å²) in [5.74, 6) is -0.157. The minimum absolute atomic E-state index is 0.157. The van der Waals surface area contributed by atoms with Crippen molar-refractivity contribution in [3.8, 4) is 0 Å². The van der Waals surface area contributed by atoms with Crippen LogP contribution in [0.25, 0.3) is 0 Å². The van der Waals surface area contributed by atoms with Gasteiger partial charge >= 0.3 is 0 Å². The van der Waals surface area contributed by atoms with Gasteiger partial charge in [-0.05, 0) is 46.3 Å². The molecule has 0 saturated heterocycles. The molecule has 0 saturated carbocycles. The lowest BCUT2D eigenvalue weighted by Gasteiger charge is -2.07. The quantitative estimate of drug-likeness (QED) is 0.901. The summed E-state index contributed by atoms with van der Waals surface area (Å²) in [6, 6.07) is 8.87. The van der Waals surface area contributed by atoms with Crippen LogP contribution in [0.5, 0.6) is 0 Å². The summed E-state index contributed by atoms with van der Waals surface area (Å²) in [6.45, 7) is 0. The van der Waals surface area contributed by atoms with Gasteiger partial charge in [-0.3, -0.25) is 4.79 Å². The average molecular weight is 314 g/mol. The fourth-order valence-electron chi connectivity index (χ4n) is 1.47. The van der Waals surface area contributed by atoms with Gasteiger partial charge in [0.05, 0.1) is 5.02 Å². The number of benzene rings is 1. The highest BCUT2D eigenvalue weighted by molar-refractivity contribution is 9.10. The highest BCUT2D eigenvalue weighted by Crippen LogP contribution is 2.25. The van der Waals surface area contributed by atoms with Gasteiger partial charge in [0, 0.05) is 23.4 Å². The molecule has 0 bridgehead atoms. The number of rotatable bonds is 2. The van der Waals surface area contributed by atoms with Gasteiger partial charge in [-0.15, -0.1) is 0 Å². The van der Waals surface area contributed by atoms with E-state index < -0.39 is 0 Å². The van der Waals surface area contributed by atoms with E-state index in [0.717, 1.165) is 4.47 Å². The van der Waals surface area contributed by atoms with Crippen LogP contribution in [0.2, 0.25) is 5.02 Å². The first-order valence-corrected chi connectivity index (χ1v) is 6.13. The van der Waals surface area contributed by atoms with Gasteiger partial charge in [-0.25, -0.2) is 0 Å². The summed E-state index contributed by atoms with van der Waals surface area (Å²) in [4.78, 5) is 11.9. The number of nitrogens with zero attached hydrogens (tertiary/aromatic N) is 1. The summed E-state index contributed by atoms with van der Waals surface area (Å²) in [7, 11) is 1.82. The molecule has 3 nitrogen and oxygen atoms in total. The van der Waals surface area contributed by atoms with Crippen LogP contribution < -0.4 is 5.32 Å². The van der Waals surface area contributed by atoms with Gasteiger partial charge in [0.15, 0.2) is 0 Å². The first kappa shape index (κ1) is 12.2. The summed E-state index contributed by atoms with van der Waals surface area (Å²) in [5, 5.41) is 3.35. The molecule has 1 amide bonds. The summed E-state index contributed by atoms with van der Waals surface area (Å²) >= 11 is 9.25. The molecule has 0 aliphatic rings. The number of halogens is 2. The largest absolute Gasteiger partial charge is 0.347 e. The van der Waals surface area contributed by atoms with Crippen LogP contribution in [-0.4, -0.2) is 10.5 Å². The van der Waals surface area contributed by atoms with Crippen LogP contribution in [0, 0.1) is 0 Å². The van der Waals surface area contributed by atoms with E-state index in [2.05, 4.69) is 21.2 Å².